The van der Waals surface area contributed by atoms with Gasteiger partial charge in [-0.15, -0.1) is 0 Å². The Bertz CT molecular complexity index is 563. The third-order valence-corrected chi connectivity index (χ3v) is 5.38. The smallest absolute Gasteiger partial charge is 0.255 e. The Morgan fingerprint density at radius 1 is 1.41 bits per heavy atom. The van der Waals surface area contributed by atoms with Crippen molar-refractivity contribution in [3.63, 3.8) is 0 Å². The van der Waals surface area contributed by atoms with Crippen molar-refractivity contribution in [1.29, 1.82) is 0 Å². The maximum absolute atomic E-state index is 13.0. The fraction of sp³-hybridized carbons (Fsp3) is 0.588. The molecule has 1 aromatic carbocycles. The predicted molar refractivity (Wildman–Crippen MR) is 85.2 cm³/mol. The number of carbonyl (C=O) groups excluding carboxylic acids is 1. The van der Waals surface area contributed by atoms with Crippen LogP contribution >= 0.6 is 11.6 Å². The monoisotopic (exact) mass is 323 g/mol. The van der Waals surface area contributed by atoms with Crippen LogP contribution in [-0.4, -0.2) is 47.8 Å². The van der Waals surface area contributed by atoms with Gasteiger partial charge in [-0.3, -0.25) is 4.79 Å². The molecule has 3 rings (SSSR count). The maximum atomic E-state index is 13.0. The number of aryl methyl sites for hydroxylation is 1. The Morgan fingerprint density at radius 3 is 2.95 bits per heavy atom. The van der Waals surface area contributed by atoms with Gasteiger partial charge in [0.1, 0.15) is 0 Å². The van der Waals surface area contributed by atoms with Crippen LogP contribution in [0.25, 0.3) is 0 Å². The number of hydrogen-bond acceptors (Lipinski definition) is 3. The largest absolute Gasteiger partial charge is 0.393 e. The molecule has 1 heterocycles. The SMILES string of the molecule is Cc1cccc(C(=O)N2CCOC[C@@H]2[C@@H]2CCC[C@@H]2O)c1Cl. The summed E-state index contributed by atoms with van der Waals surface area (Å²) < 4.78 is 5.58. The van der Waals surface area contributed by atoms with Crippen molar-refractivity contribution in [2.45, 2.75) is 38.3 Å². The van der Waals surface area contributed by atoms with E-state index in [4.69, 9.17) is 16.3 Å². The van der Waals surface area contributed by atoms with Crippen LogP contribution in [0.15, 0.2) is 18.2 Å². The third-order valence-electron chi connectivity index (χ3n) is 4.87. The van der Waals surface area contributed by atoms with Crippen LogP contribution in [0.1, 0.15) is 35.2 Å². The van der Waals surface area contributed by atoms with E-state index in [1.807, 2.05) is 24.0 Å². The normalized spacial score (nSPS) is 28.9. The van der Waals surface area contributed by atoms with Gasteiger partial charge in [-0.05, 0) is 31.4 Å². The molecule has 1 saturated heterocycles. The fourth-order valence-corrected chi connectivity index (χ4v) is 3.82. The quantitative estimate of drug-likeness (QED) is 0.910. The molecule has 4 nitrogen and oxygen atoms in total. The number of benzene rings is 1. The molecule has 0 unspecified atom stereocenters. The standard InChI is InChI=1S/C17H22ClNO3/c1-11-4-2-6-13(16(11)18)17(21)19-8-9-22-10-14(19)12-5-3-7-15(12)20/h2,4,6,12,14-15,20H,3,5,7-10H2,1H3/t12-,14+,15-/m0/s1. The molecule has 0 bridgehead atoms. The lowest BCUT2D eigenvalue weighted by atomic mass is 9.93. The number of nitrogens with zero attached hydrogens (tertiary/aromatic N) is 1. The van der Waals surface area contributed by atoms with Crippen molar-refractivity contribution in [3.05, 3.63) is 34.3 Å². The van der Waals surface area contributed by atoms with E-state index in [-0.39, 0.29) is 24.0 Å². The number of morpholine rings is 1. The molecule has 3 atom stereocenters. The van der Waals surface area contributed by atoms with Crippen molar-refractivity contribution in [3.8, 4) is 0 Å². The molecule has 2 aliphatic rings. The summed E-state index contributed by atoms with van der Waals surface area (Å²) in [6.07, 6.45) is 2.43. The van der Waals surface area contributed by atoms with E-state index in [9.17, 15) is 9.90 Å². The minimum absolute atomic E-state index is 0.0545. The van der Waals surface area contributed by atoms with E-state index in [1.54, 1.807) is 6.07 Å². The summed E-state index contributed by atoms with van der Waals surface area (Å²) in [6.45, 7) is 3.49. The molecule has 1 aliphatic carbocycles. The Kier molecular flexibility index (Phi) is 4.71. The Balaban J connectivity index is 1.87. The predicted octanol–water partition coefficient (Wildman–Crippen LogP) is 2.65. The second-order valence-electron chi connectivity index (χ2n) is 6.24. The number of rotatable bonds is 2. The summed E-state index contributed by atoms with van der Waals surface area (Å²) in [5, 5.41) is 10.7. The molecule has 5 heteroatoms. The Morgan fingerprint density at radius 2 is 2.23 bits per heavy atom. The van der Waals surface area contributed by atoms with Crippen LogP contribution in [-0.2, 0) is 4.74 Å². The van der Waals surface area contributed by atoms with Gasteiger partial charge < -0.3 is 14.7 Å². The first-order valence-electron chi connectivity index (χ1n) is 7.91. The van der Waals surface area contributed by atoms with Crippen LogP contribution in [0.4, 0.5) is 0 Å². The highest BCUT2D eigenvalue weighted by molar-refractivity contribution is 6.34. The number of amides is 1. The van der Waals surface area contributed by atoms with Crippen LogP contribution in [0.2, 0.25) is 5.02 Å². The first-order chi connectivity index (χ1) is 10.6. The van der Waals surface area contributed by atoms with Crippen molar-refractivity contribution in [2.75, 3.05) is 19.8 Å². The molecule has 22 heavy (non-hydrogen) atoms. The van der Waals surface area contributed by atoms with E-state index in [0.717, 1.165) is 24.8 Å². The van der Waals surface area contributed by atoms with E-state index >= 15 is 0 Å². The average Bonchev–Trinajstić information content (AvgIpc) is 2.95. The van der Waals surface area contributed by atoms with Crippen LogP contribution in [0.3, 0.4) is 0 Å². The lowest BCUT2D eigenvalue weighted by molar-refractivity contribution is -0.0383. The molecule has 1 saturated carbocycles. The minimum Gasteiger partial charge on any atom is -0.393 e. The first-order valence-corrected chi connectivity index (χ1v) is 8.29. The number of hydrogen-bond donors (Lipinski definition) is 1. The van der Waals surface area contributed by atoms with Gasteiger partial charge in [0.25, 0.3) is 5.91 Å². The summed E-state index contributed by atoms with van der Waals surface area (Å²) >= 11 is 6.32. The topological polar surface area (TPSA) is 49.8 Å². The molecule has 120 valence electrons. The zero-order valence-electron chi connectivity index (χ0n) is 12.8. The molecule has 0 aromatic heterocycles. The van der Waals surface area contributed by atoms with Gasteiger partial charge in [0, 0.05) is 12.5 Å². The zero-order valence-corrected chi connectivity index (χ0v) is 13.6. The van der Waals surface area contributed by atoms with Crippen LogP contribution in [0, 0.1) is 12.8 Å². The highest BCUT2D eigenvalue weighted by Gasteiger charge is 2.40. The van der Waals surface area contributed by atoms with Crippen molar-refractivity contribution < 1.29 is 14.6 Å². The van der Waals surface area contributed by atoms with Gasteiger partial charge in [-0.2, -0.15) is 0 Å². The lowest BCUT2D eigenvalue weighted by Crippen LogP contribution is -2.53. The molecule has 1 aliphatic heterocycles. The number of aliphatic hydroxyl groups is 1. The number of carbonyl (C=O) groups is 1. The van der Waals surface area contributed by atoms with Gasteiger partial charge >= 0.3 is 0 Å². The number of halogens is 1. The summed E-state index contributed by atoms with van der Waals surface area (Å²) in [6, 6.07) is 5.47. The van der Waals surface area contributed by atoms with E-state index in [2.05, 4.69) is 0 Å². The first kappa shape index (κ1) is 15.8. The van der Waals surface area contributed by atoms with Gasteiger partial charge in [0.05, 0.1) is 35.9 Å². The second kappa shape index (κ2) is 6.57. The number of aliphatic hydroxyl groups excluding tert-OH is 1. The van der Waals surface area contributed by atoms with Gasteiger partial charge in [0.2, 0.25) is 0 Å². The minimum atomic E-state index is -0.338. The fourth-order valence-electron chi connectivity index (χ4n) is 3.61. The Hall–Kier alpha value is -1.10. The molecular weight excluding hydrogens is 302 g/mol. The van der Waals surface area contributed by atoms with Crippen LogP contribution < -0.4 is 0 Å². The van der Waals surface area contributed by atoms with Crippen molar-refractivity contribution in [1.82, 2.24) is 4.90 Å². The van der Waals surface area contributed by atoms with Crippen molar-refractivity contribution in [2.24, 2.45) is 5.92 Å². The maximum Gasteiger partial charge on any atom is 0.255 e. The van der Waals surface area contributed by atoms with Gasteiger partial charge in [-0.25, -0.2) is 0 Å². The third kappa shape index (κ3) is 2.87. The lowest BCUT2D eigenvalue weighted by Gasteiger charge is -2.40. The Labute approximate surface area is 136 Å². The van der Waals surface area contributed by atoms with E-state index in [0.29, 0.717) is 30.3 Å². The van der Waals surface area contributed by atoms with E-state index in [1.165, 1.54) is 0 Å². The molecular formula is C17H22ClNO3. The highest BCUT2D eigenvalue weighted by Crippen LogP contribution is 2.33. The molecule has 1 aromatic rings. The molecule has 1 N–H and O–H groups in total. The molecule has 0 spiro atoms. The van der Waals surface area contributed by atoms with Crippen LogP contribution in [0.5, 0.6) is 0 Å². The number of ether oxygens (including phenoxy) is 1. The zero-order chi connectivity index (χ0) is 15.7. The van der Waals surface area contributed by atoms with Gasteiger partial charge in [-0.1, -0.05) is 30.2 Å². The average molecular weight is 324 g/mol. The van der Waals surface area contributed by atoms with E-state index < -0.39 is 0 Å². The van der Waals surface area contributed by atoms with Crippen molar-refractivity contribution >= 4 is 17.5 Å². The molecule has 1 amide bonds. The molecule has 0 radical (unpaired) electrons. The summed E-state index contributed by atoms with van der Waals surface area (Å²) in [4.78, 5) is 14.8. The highest BCUT2D eigenvalue weighted by atomic mass is 35.5. The summed E-state index contributed by atoms with van der Waals surface area (Å²) in [5.41, 5.74) is 1.44. The summed E-state index contributed by atoms with van der Waals surface area (Å²) in [7, 11) is 0. The summed E-state index contributed by atoms with van der Waals surface area (Å²) in [5.74, 6) is 0.0499. The molecule has 2 fully saturated rings. The second-order valence-corrected chi connectivity index (χ2v) is 6.62. The van der Waals surface area contributed by atoms with Gasteiger partial charge in [0.15, 0.2) is 0 Å².